The zero-order chi connectivity index (χ0) is 22.3. The molecule has 0 aliphatic heterocycles. The summed E-state index contributed by atoms with van der Waals surface area (Å²) in [5.41, 5.74) is 1.62. The van der Waals surface area contributed by atoms with Crippen molar-refractivity contribution in [3.63, 3.8) is 0 Å². The van der Waals surface area contributed by atoms with Crippen molar-refractivity contribution in [2.24, 2.45) is 5.92 Å². The molecule has 2 amide bonds. The predicted octanol–water partition coefficient (Wildman–Crippen LogP) is 3.38. The zero-order valence-corrected chi connectivity index (χ0v) is 18.6. The Balaban J connectivity index is 1.26. The van der Waals surface area contributed by atoms with Crippen LogP contribution in [0.25, 0.3) is 0 Å². The number of hydrogen-bond donors (Lipinski definition) is 2. The van der Waals surface area contributed by atoms with Crippen LogP contribution in [-0.2, 0) is 22.4 Å². The molecule has 0 radical (unpaired) electrons. The Morgan fingerprint density at radius 3 is 2.66 bits per heavy atom. The number of carbonyl (C=O) groups excluding carboxylic acids is 2. The standard InChI is InChI=1S/C22H25N7O2S/c1-2-19(30)25-22-29-28-21(32-22)15-7-6-14(11-15)12-17-8-9-18(27-26-17)24-20(31)13-16-5-3-4-10-23-16/h3-5,8-10,14-15H,2,6-7,11-13H2,1H3,(H,24,27,31)(H,25,29,30)/t14-,15?/m1/s1. The number of rotatable bonds is 8. The van der Waals surface area contributed by atoms with Crippen molar-refractivity contribution in [1.82, 2.24) is 25.4 Å². The molecular formula is C22H25N7O2S. The quantitative estimate of drug-likeness (QED) is 0.538. The average Bonchev–Trinajstić information content (AvgIpc) is 3.45. The van der Waals surface area contributed by atoms with Crippen molar-refractivity contribution in [3.8, 4) is 0 Å². The Kier molecular flexibility index (Phi) is 7.10. The lowest BCUT2D eigenvalue weighted by Gasteiger charge is -2.09. The Hall–Kier alpha value is -3.27. The van der Waals surface area contributed by atoms with E-state index in [9.17, 15) is 9.59 Å². The molecule has 1 aliphatic rings. The van der Waals surface area contributed by atoms with Gasteiger partial charge in [-0.25, -0.2) is 0 Å². The Labute approximate surface area is 190 Å². The highest BCUT2D eigenvalue weighted by Gasteiger charge is 2.29. The summed E-state index contributed by atoms with van der Waals surface area (Å²) < 4.78 is 0. The fourth-order valence-electron chi connectivity index (χ4n) is 3.83. The minimum Gasteiger partial charge on any atom is -0.309 e. The molecule has 0 spiro atoms. The van der Waals surface area contributed by atoms with E-state index in [1.54, 1.807) is 12.3 Å². The molecule has 1 aliphatic carbocycles. The lowest BCUT2D eigenvalue weighted by molar-refractivity contribution is -0.116. The molecule has 1 saturated carbocycles. The van der Waals surface area contributed by atoms with Gasteiger partial charge >= 0.3 is 0 Å². The van der Waals surface area contributed by atoms with Crippen LogP contribution >= 0.6 is 11.3 Å². The SMILES string of the molecule is CCC(=O)Nc1nnc(C2CC[C@@H](Cc3ccc(NC(=O)Cc4ccccn4)nn3)C2)s1. The van der Waals surface area contributed by atoms with Gasteiger partial charge in [-0.2, -0.15) is 5.10 Å². The molecule has 32 heavy (non-hydrogen) atoms. The molecular weight excluding hydrogens is 426 g/mol. The highest BCUT2D eigenvalue weighted by molar-refractivity contribution is 7.15. The summed E-state index contributed by atoms with van der Waals surface area (Å²) in [6.07, 6.45) is 6.28. The molecule has 0 bridgehead atoms. The van der Waals surface area contributed by atoms with Gasteiger partial charge < -0.3 is 10.6 Å². The van der Waals surface area contributed by atoms with Crippen molar-refractivity contribution in [2.45, 2.75) is 51.4 Å². The second-order valence-corrected chi connectivity index (χ2v) is 8.89. The van der Waals surface area contributed by atoms with E-state index in [4.69, 9.17) is 0 Å². The fraction of sp³-hybridized carbons (Fsp3) is 0.409. The van der Waals surface area contributed by atoms with Gasteiger partial charge in [-0.15, -0.1) is 15.3 Å². The van der Waals surface area contributed by atoms with E-state index in [1.807, 2.05) is 31.2 Å². The monoisotopic (exact) mass is 451 g/mol. The van der Waals surface area contributed by atoms with Crippen molar-refractivity contribution in [2.75, 3.05) is 10.6 Å². The smallest absolute Gasteiger partial charge is 0.231 e. The van der Waals surface area contributed by atoms with E-state index in [-0.39, 0.29) is 18.2 Å². The molecule has 166 valence electrons. The summed E-state index contributed by atoms with van der Waals surface area (Å²) in [5.74, 6) is 1.08. The molecule has 3 heterocycles. The zero-order valence-electron chi connectivity index (χ0n) is 17.8. The summed E-state index contributed by atoms with van der Waals surface area (Å²) in [5, 5.41) is 23.9. The molecule has 2 N–H and O–H groups in total. The Bertz CT molecular complexity index is 1060. The van der Waals surface area contributed by atoms with Crippen LogP contribution in [0.2, 0.25) is 0 Å². The first-order chi connectivity index (χ1) is 15.6. The van der Waals surface area contributed by atoms with Crippen LogP contribution in [0.3, 0.4) is 0 Å². The Morgan fingerprint density at radius 2 is 1.91 bits per heavy atom. The largest absolute Gasteiger partial charge is 0.309 e. The minimum atomic E-state index is -0.170. The second-order valence-electron chi connectivity index (χ2n) is 7.88. The van der Waals surface area contributed by atoms with Gasteiger partial charge in [0.1, 0.15) is 5.01 Å². The van der Waals surface area contributed by atoms with Crippen LogP contribution < -0.4 is 10.6 Å². The van der Waals surface area contributed by atoms with Gasteiger partial charge in [0.15, 0.2) is 5.82 Å². The first kappa shape index (κ1) is 21.9. The number of nitrogens with zero attached hydrogens (tertiary/aromatic N) is 5. The highest BCUT2D eigenvalue weighted by Crippen LogP contribution is 2.41. The van der Waals surface area contributed by atoms with Gasteiger partial charge in [-0.1, -0.05) is 24.3 Å². The molecule has 1 fully saturated rings. The average molecular weight is 452 g/mol. The molecule has 3 aromatic heterocycles. The van der Waals surface area contributed by atoms with E-state index < -0.39 is 0 Å². The summed E-state index contributed by atoms with van der Waals surface area (Å²) in [4.78, 5) is 27.8. The Morgan fingerprint density at radius 1 is 1.00 bits per heavy atom. The number of nitrogens with one attached hydrogen (secondary N) is 2. The normalized spacial score (nSPS) is 17.8. The van der Waals surface area contributed by atoms with Crippen molar-refractivity contribution >= 4 is 34.1 Å². The number of pyridine rings is 1. The van der Waals surface area contributed by atoms with Crippen LogP contribution in [0.15, 0.2) is 36.5 Å². The number of amides is 2. The highest BCUT2D eigenvalue weighted by atomic mass is 32.1. The topological polar surface area (TPSA) is 123 Å². The number of carbonyl (C=O) groups is 2. The van der Waals surface area contributed by atoms with Gasteiger partial charge in [0.2, 0.25) is 16.9 Å². The van der Waals surface area contributed by atoms with Crippen LogP contribution in [-0.4, -0.2) is 37.2 Å². The van der Waals surface area contributed by atoms with Crippen LogP contribution in [0.1, 0.15) is 54.9 Å². The first-order valence-corrected chi connectivity index (χ1v) is 11.6. The summed E-state index contributed by atoms with van der Waals surface area (Å²) in [6, 6.07) is 9.19. The molecule has 10 heteroatoms. The third-order valence-electron chi connectivity index (χ3n) is 5.45. The van der Waals surface area contributed by atoms with Gasteiger partial charge in [0, 0.05) is 24.2 Å². The van der Waals surface area contributed by atoms with E-state index in [2.05, 4.69) is 36.0 Å². The molecule has 4 rings (SSSR count). The number of anilines is 2. The molecule has 2 atom stereocenters. The lowest BCUT2D eigenvalue weighted by Crippen LogP contribution is -2.16. The van der Waals surface area contributed by atoms with E-state index in [0.29, 0.717) is 34.9 Å². The predicted molar refractivity (Wildman–Crippen MR) is 121 cm³/mol. The van der Waals surface area contributed by atoms with Gasteiger partial charge in [0.05, 0.1) is 12.1 Å². The van der Waals surface area contributed by atoms with Crippen molar-refractivity contribution in [1.29, 1.82) is 0 Å². The number of hydrogen-bond acceptors (Lipinski definition) is 8. The molecule has 9 nitrogen and oxygen atoms in total. The van der Waals surface area contributed by atoms with Gasteiger partial charge in [0.25, 0.3) is 0 Å². The molecule has 3 aromatic rings. The van der Waals surface area contributed by atoms with Gasteiger partial charge in [-0.05, 0) is 55.9 Å². The maximum atomic E-state index is 12.1. The maximum absolute atomic E-state index is 12.1. The second kappa shape index (κ2) is 10.4. The van der Waals surface area contributed by atoms with Crippen molar-refractivity contribution in [3.05, 3.63) is 52.9 Å². The van der Waals surface area contributed by atoms with E-state index in [1.165, 1.54) is 11.3 Å². The van der Waals surface area contributed by atoms with Gasteiger partial charge in [-0.3, -0.25) is 14.6 Å². The molecule has 0 saturated heterocycles. The summed E-state index contributed by atoms with van der Waals surface area (Å²) >= 11 is 1.46. The fourth-order valence-corrected chi connectivity index (χ4v) is 4.73. The van der Waals surface area contributed by atoms with Crippen LogP contribution in [0.5, 0.6) is 0 Å². The third-order valence-corrected chi connectivity index (χ3v) is 6.45. The van der Waals surface area contributed by atoms with Crippen LogP contribution in [0.4, 0.5) is 10.9 Å². The van der Waals surface area contributed by atoms with E-state index >= 15 is 0 Å². The van der Waals surface area contributed by atoms with Crippen molar-refractivity contribution < 1.29 is 9.59 Å². The first-order valence-electron chi connectivity index (χ1n) is 10.7. The van der Waals surface area contributed by atoms with E-state index in [0.717, 1.165) is 36.4 Å². The van der Waals surface area contributed by atoms with Crippen LogP contribution in [0, 0.1) is 5.92 Å². The molecule has 0 aromatic carbocycles. The lowest BCUT2D eigenvalue weighted by atomic mass is 10.00. The number of aromatic nitrogens is 5. The summed E-state index contributed by atoms with van der Waals surface area (Å²) in [7, 11) is 0. The third kappa shape index (κ3) is 5.91. The summed E-state index contributed by atoms with van der Waals surface area (Å²) in [6.45, 7) is 1.81. The maximum Gasteiger partial charge on any atom is 0.231 e. The minimum absolute atomic E-state index is 0.0491. The molecule has 1 unspecified atom stereocenters.